The molecule has 15 heavy (non-hydrogen) atoms. The van der Waals surface area contributed by atoms with Gasteiger partial charge in [0.25, 0.3) is 0 Å². The molecule has 0 aliphatic heterocycles. The third-order valence-electron chi connectivity index (χ3n) is 2.05. The van der Waals surface area contributed by atoms with Gasteiger partial charge in [-0.25, -0.2) is 4.79 Å². The molecule has 0 heterocycles. The van der Waals surface area contributed by atoms with Gasteiger partial charge in [-0.05, 0) is 23.5 Å². The molecule has 0 bridgehead atoms. The summed E-state index contributed by atoms with van der Waals surface area (Å²) in [5, 5.41) is 0. The van der Waals surface area contributed by atoms with Crippen LogP contribution in [0.3, 0.4) is 0 Å². The highest BCUT2D eigenvalue weighted by atomic mass is 16.5. The second-order valence-electron chi connectivity index (χ2n) is 4.02. The minimum Gasteiger partial charge on any atom is -0.445 e. The number of nitrogens with two attached hydrogens (primary N) is 1. The van der Waals surface area contributed by atoms with E-state index in [0.717, 1.165) is 12.0 Å². The minimum absolute atomic E-state index is 0.247. The quantitative estimate of drug-likeness (QED) is 0.824. The SMILES string of the molecule is CC(C)Cc1ccc(COC(N)=O)cc1. The average Bonchev–Trinajstić information content (AvgIpc) is 2.16. The van der Waals surface area contributed by atoms with Crippen molar-refractivity contribution in [1.82, 2.24) is 0 Å². The summed E-state index contributed by atoms with van der Waals surface area (Å²) in [6.45, 7) is 4.62. The van der Waals surface area contributed by atoms with Crippen molar-refractivity contribution in [3.8, 4) is 0 Å². The van der Waals surface area contributed by atoms with E-state index < -0.39 is 6.09 Å². The third-order valence-corrected chi connectivity index (χ3v) is 2.05. The Morgan fingerprint density at radius 1 is 1.27 bits per heavy atom. The summed E-state index contributed by atoms with van der Waals surface area (Å²) < 4.78 is 4.69. The molecule has 0 aliphatic rings. The normalized spacial score (nSPS) is 10.3. The lowest BCUT2D eigenvalue weighted by molar-refractivity contribution is 0.150. The fourth-order valence-electron chi connectivity index (χ4n) is 1.40. The van der Waals surface area contributed by atoms with Crippen molar-refractivity contribution in [2.24, 2.45) is 11.7 Å². The third kappa shape index (κ3) is 4.49. The maximum atomic E-state index is 10.4. The Morgan fingerprint density at radius 2 is 1.80 bits per heavy atom. The fraction of sp³-hybridized carbons (Fsp3) is 0.417. The van der Waals surface area contributed by atoms with Gasteiger partial charge in [0, 0.05) is 0 Å². The number of rotatable bonds is 4. The van der Waals surface area contributed by atoms with Gasteiger partial charge in [0.15, 0.2) is 0 Å². The molecular formula is C12H17NO2. The number of hydrogen-bond acceptors (Lipinski definition) is 2. The Kier molecular flexibility index (Phi) is 4.16. The lowest BCUT2D eigenvalue weighted by Gasteiger charge is -2.06. The van der Waals surface area contributed by atoms with E-state index in [1.165, 1.54) is 5.56 Å². The van der Waals surface area contributed by atoms with Crippen molar-refractivity contribution < 1.29 is 9.53 Å². The first kappa shape index (κ1) is 11.6. The number of hydrogen-bond donors (Lipinski definition) is 1. The van der Waals surface area contributed by atoms with Crippen molar-refractivity contribution in [2.75, 3.05) is 0 Å². The first-order valence-corrected chi connectivity index (χ1v) is 5.08. The van der Waals surface area contributed by atoms with Gasteiger partial charge in [-0.1, -0.05) is 38.1 Å². The van der Waals surface area contributed by atoms with Crippen LogP contribution in [0.2, 0.25) is 0 Å². The molecule has 1 aromatic rings. The number of primary amides is 1. The van der Waals surface area contributed by atoms with E-state index in [1.807, 2.05) is 12.1 Å². The molecule has 0 aromatic heterocycles. The Balaban J connectivity index is 2.52. The molecule has 3 heteroatoms. The van der Waals surface area contributed by atoms with Gasteiger partial charge in [-0.15, -0.1) is 0 Å². The van der Waals surface area contributed by atoms with Crippen LogP contribution in [-0.4, -0.2) is 6.09 Å². The van der Waals surface area contributed by atoms with E-state index in [9.17, 15) is 4.79 Å². The van der Waals surface area contributed by atoms with Gasteiger partial charge in [0.2, 0.25) is 0 Å². The van der Waals surface area contributed by atoms with Crippen LogP contribution in [0.15, 0.2) is 24.3 Å². The van der Waals surface area contributed by atoms with Gasteiger partial charge in [-0.2, -0.15) is 0 Å². The van der Waals surface area contributed by atoms with Crippen LogP contribution in [0.1, 0.15) is 25.0 Å². The number of carbonyl (C=O) groups excluding carboxylic acids is 1. The van der Waals surface area contributed by atoms with Crippen LogP contribution in [0.5, 0.6) is 0 Å². The molecule has 0 saturated carbocycles. The van der Waals surface area contributed by atoms with Crippen LogP contribution < -0.4 is 5.73 Å². The summed E-state index contributed by atoms with van der Waals surface area (Å²) in [4.78, 5) is 10.4. The highest BCUT2D eigenvalue weighted by Crippen LogP contribution is 2.10. The predicted molar refractivity (Wildman–Crippen MR) is 59.4 cm³/mol. The lowest BCUT2D eigenvalue weighted by Crippen LogP contribution is -2.12. The van der Waals surface area contributed by atoms with Gasteiger partial charge in [0.1, 0.15) is 6.61 Å². The summed E-state index contributed by atoms with van der Waals surface area (Å²) in [6.07, 6.45) is 0.331. The first-order chi connectivity index (χ1) is 7.08. The second kappa shape index (κ2) is 5.39. The van der Waals surface area contributed by atoms with E-state index in [2.05, 4.69) is 30.7 Å². The largest absolute Gasteiger partial charge is 0.445 e. The predicted octanol–water partition coefficient (Wildman–Crippen LogP) is 2.48. The van der Waals surface area contributed by atoms with Crippen molar-refractivity contribution in [2.45, 2.75) is 26.9 Å². The number of benzene rings is 1. The number of ether oxygens (including phenoxy) is 1. The molecule has 0 spiro atoms. The second-order valence-corrected chi connectivity index (χ2v) is 4.02. The fourth-order valence-corrected chi connectivity index (χ4v) is 1.40. The first-order valence-electron chi connectivity index (χ1n) is 5.08. The summed E-state index contributed by atoms with van der Waals surface area (Å²) in [7, 11) is 0. The topological polar surface area (TPSA) is 52.3 Å². The molecule has 1 rings (SSSR count). The van der Waals surface area contributed by atoms with Crippen molar-refractivity contribution >= 4 is 6.09 Å². The van der Waals surface area contributed by atoms with Crippen LogP contribution in [0, 0.1) is 5.92 Å². The Bertz CT molecular complexity index is 317. The van der Waals surface area contributed by atoms with Gasteiger partial charge >= 0.3 is 6.09 Å². The molecule has 0 aliphatic carbocycles. The molecule has 0 radical (unpaired) electrons. The van der Waals surface area contributed by atoms with Gasteiger partial charge in [-0.3, -0.25) is 0 Å². The van der Waals surface area contributed by atoms with E-state index in [4.69, 9.17) is 5.73 Å². The Hall–Kier alpha value is -1.51. The summed E-state index contributed by atoms with van der Waals surface area (Å²) in [5.74, 6) is 0.651. The summed E-state index contributed by atoms with van der Waals surface area (Å²) in [6, 6.07) is 8.03. The standard InChI is InChI=1S/C12H17NO2/c1-9(2)7-10-3-5-11(6-4-10)8-15-12(13)14/h3-6,9H,7-8H2,1-2H3,(H2,13,14). The van der Waals surface area contributed by atoms with E-state index in [1.54, 1.807) is 0 Å². The average molecular weight is 207 g/mol. The van der Waals surface area contributed by atoms with Crippen LogP contribution in [0.4, 0.5) is 4.79 Å². The molecule has 2 N–H and O–H groups in total. The minimum atomic E-state index is -0.735. The van der Waals surface area contributed by atoms with Crippen molar-refractivity contribution in [1.29, 1.82) is 0 Å². The lowest BCUT2D eigenvalue weighted by atomic mass is 10.0. The molecule has 0 atom stereocenters. The van der Waals surface area contributed by atoms with E-state index in [0.29, 0.717) is 5.92 Å². The molecule has 3 nitrogen and oxygen atoms in total. The Labute approximate surface area is 90.2 Å². The van der Waals surface area contributed by atoms with Crippen LogP contribution in [0.25, 0.3) is 0 Å². The van der Waals surface area contributed by atoms with Crippen LogP contribution >= 0.6 is 0 Å². The molecule has 1 aromatic carbocycles. The zero-order valence-electron chi connectivity index (χ0n) is 9.19. The highest BCUT2D eigenvalue weighted by Gasteiger charge is 1.99. The molecule has 82 valence electrons. The zero-order chi connectivity index (χ0) is 11.3. The molecule has 0 saturated heterocycles. The highest BCUT2D eigenvalue weighted by molar-refractivity contribution is 5.64. The maximum absolute atomic E-state index is 10.4. The summed E-state index contributed by atoms with van der Waals surface area (Å²) >= 11 is 0. The van der Waals surface area contributed by atoms with Gasteiger partial charge in [0.05, 0.1) is 0 Å². The smallest absolute Gasteiger partial charge is 0.404 e. The van der Waals surface area contributed by atoms with Crippen molar-refractivity contribution in [3.63, 3.8) is 0 Å². The van der Waals surface area contributed by atoms with E-state index >= 15 is 0 Å². The monoisotopic (exact) mass is 207 g/mol. The molecular weight excluding hydrogens is 190 g/mol. The maximum Gasteiger partial charge on any atom is 0.404 e. The number of amides is 1. The van der Waals surface area contributed by atoms with Gasteiger partial charge < -0.3 is 10.5 Å². The zero-order valence-corrected chi connectivity index (χ0v) is 9.19. The van der Waals surface area contributed by atoms with E-state index in [-0.39, 0.29) is 6.61 Å². The number of carbonyl (C=O) groups is 1. The molecule has 0 fully saturated rings. The van der Waals surface area contributed by atoms with Crippen LogP contribution in [-0.2, 0) is 17.8 Å². The summed E-state index contributed by atoms with van der Waals surface area (Å²) in [5.41, 5.74) is 7.13. The Morgan fingerprint density at radius 3 is 2.27 bits per heavy atom. The van der Waals surface area contributed by atoms with Crippen molar-refractivity contribution in [3.05, 3.63) is 35.4 Å². The molecule has 1 amide bonds. The molecule has 0 unspecified atom stereocenters.